The molecule has 0 N–H and O–H groups in total. The van der Waals surface area contributed by atoms with Gasteiger partial charge in [-0.1, -0.05) is 29.8 Å². The quantitative estimate of drug-likeness (QED) is 0.736. The summed E-state index contributed by atoms with van der Waals surface area (Å²) in [6.07, 6.45) is 1.86. The van der Waals surface area contributed by atoms with Crippen LogP contribution in [0.1, 0.15) is 11.1 Å². The average Bonchev–Trinajstić information content (AvgIpc) is 2.77. The number of nitrogens with zero attached hydrogens (tertiary/aromatic N) is 1. The first-order valence-electron chi connectivity index (χ1n) is 7.28. The number of hydrogen-bond donors (Lipinski definition) is 0. The van der Waals surface area contributed by atoms with Gasteiger partial charge in [-0.25, -0.2) is 0 Å². The fourth-order valence-electron chi connectivity index (χ4n) is 2.32. The second-order valence-corrected chi connectivity index (χ2v) is 6.05. The zero-order valence-corrected chi connectivity index (χ0v) is 14.6. The fourth-order valence-corrected chi connectivity index (χ4v) is 2.82. The second kappa shape index (κ2) is 7.12. The van der Waals surface area contributed by atoms with Crippen LogP contribution in [0.15, 0.2) is 65.9 Å². The van der Waals surface area contributed by atoms with Gasteiger partial charge in [0, 0.05) is 22.2 Å². The highest BCUT2D eigenvalue weighted by atomic mass is 35.5. The Morgan fingerprint density at radius 2 is 1.88 bits per heavy atom. The van der Waals surface area contributed by atoms with Crippen LogP contribution in [0.3, 0.4) is 0 Å². The maximum absolute atomic E-state index is 6.31. The Balaban J connectivity index is 2.03. The van der Waals surface area contributed by atoms with Crippen molar-refractivity contribution in [3.05, 3.63) is 82.1 Å². The van der Waals surface area contributed by atoms with Gasteiger partial charge >= 0.3 is 0 Å². The zero-order valence-electron chi connectivity index (χ0n) is 13.1. The maximum atomic E-state index is 6.31. The van der Waals surface area contributed by atoms with Gasteiger partial charge in [-0.2, -0.15) is 0 Å². The molecule has 2 aromatic carbocycles. The van der Waals surface area contributed by atoms with Gasteiger partial charge in [0.1, 0.15) is 17.3 Å². The predicted octanol–water partition coefficient (Wildman–Crippen LogP) is 5.38. The number of ether oxygens (including phenoxy) is 2. The minimum absolute atomic E-state index is 0.382. The molecule has 122 valence electrons. The molecule has 0 amide bonds. The molecule has 0 aliphatic carbocycles. The van der Waals surface area contributed by atoms with E-state index < -0.39 is 0 Å². The second-order valence-electron chi connectivity index (χ2n) is 5.20. The van der Waals surface area contributed by atoms with Gasteiger partial charge in [0.15, 0.2) is 0 Å². The summed E-state index contributed by atoms with van der Waals surface area (Å²) in [6, 6.07) is 12.9. The number of halogens is 2. The first-order valence-corrected chi connectivity index (χ1v) is 8.04. The smallest absolute Gasteiger partial charge is 0.137 e. The van der Waals surface area contributed by atoms with Gasteiger partial charge < -0.3 is 9.47 Å². The molecule has 0 unspecified atom stereocenters. The van der Waals surface area contributed by atoms with Crippen LogP contribution in [-0.2, 0) is 4.74 Å². The number of aliphatic imine (C=N–C) groups is 1. The molecule has 1 heterocycles. The molecule has 3 rings (SSSR count). The van der Waals surface area contributed by atoms with Crippen LogP contribution >= 0.6 is 23.2 Å². The molecular formula is C19H15Cl2NO2. The van der Waals surface area contributed by atoms with Crippen LogP contribution in [0.4, 0.5) is 0 Å². The van der Waals surface area contributed by atoms with Gasteiger partial charge in [0.2, 0.25) is 0 Å². The highest BCUT2D eigenvalue weighted by molar-refractivity contribution is 6.35. The Labute approximate surface area is 150 Å². The van der Waals surface area contributed by atoms with E-state index in [0.29, 0.717) is 28.1 Å². The highest BCUT2D eigenvalue weighted by Crippen LogP contribution is 2.30. The Bertz CT molecular complexity index is 839. The van der Waals surface area contributed by atoms with Crippen molar-refractivity contribution in [3.63, 3.8) is 0 Å². The van der Waals surface area contributed by atoms with Gasteiger partial charge in [-0.3, -0.25) is 4.99 Å². The Hall–Kier alpha value is -2.23. The summed E-state index contributed by atoms with van der Waals surface area (Å²) in [5.74, 6) is 1.93. The van der Waals surface area contributed by atoms with Crippen LogP contribution in [0, 0.1) is 0 Å². The van der Waals surface area contributed by atoms with Crippen LogP contribution in [0.2, 0.25) is 10.0 Å². The van der Waals surface area contributed by atoms with Crippen molar-refractivity contribution in [2.24, 2.45) is 4.99 Å². The van der Waals surface area contributed by atoms with Gasteiger partial charge in [0.05, 0.1) is 24.4 Å². The minimum Gasteiger partial charge on any atom is -0.497 e. The van der Waals surface area contributed by atoms with Crippen molar-refractivity contribution in [1.29, 1.82) is 0 Å². The van der Waals surface area contributed by atoms with Gasteiger partial charge in [0.25, 0.3) is 0 Å². The minimum atomic E-state index is 0.382. The topological polar surface area (TPSA) is 30.8 Å². The summed E-state index contributed by atoms with van der Waals surface area (Å²) in [7, 11) is 1.64. The molecule has 0 atom stereocenters. The Kier molecular flexibility index (Phi) is 4.93. The molecule has 0 saturated carbocycles. The third-order valence-electron chi connectivity index (χ3n) is 3.53. The number of benzene rings is 2. The average molecular weight is 360 g/mol. The van der Waals surface area contributed by atoms with Gasteiger partial charge in [-0.15, -0.1) is 0 Å². The highest BCUT2D eigenvalue weighted by Gasteiger charge is 2.15. The third kappa shape index (κ3) is 3.64. The summed E-state index contributed by atoms with van der Waals surface area (Å²) in [5, 5.41) is 1.08. The molecule has 0 radical (unpaired) electrons. The standard InChI is InChI=1S/C19H15Cl2NO2/c1-12-11-22-18(13-3-6-15(23-2)7-4-13)10-19(24-12)16-8-5-14(20)9-17(16)21/h3-10H,1,11H2,2H3. The maximum Gasteiger partial charge on any atom is 0.137 e. The lowest BCUT2D eigenvalue weighted by Crippen LogP contribution is -1.98. The third-order valence-corrected chi connectivity index (χ3v) is 4.08. The Morgan fingerprint density at radius 1 is 1.12 bits per heavy atom. The molecule has 2 aromatic rings. The summed E-state index contributed by atoms with van der Waals surface area (Å²) >= 11 is 12.3. The van der Waals surface area contributed by atoms with Crippen molar-refractivity contribution in [3.8, 4) is 5.75 Å². The lowest BCUT2D eigenvalue weighted by Gasteiger charge is -2.11. The number of methoxy groups -OCH3 is 1. The van der Waals surface area contributed by atoms with E-state index in [-0.39, 0.29) is 0 Å². The van der Waals surface area contributed by atoms with Crippen LogP contribution in [0.25, 0.3) is 5.76 Å². The van der Waals surface area contributed by atoms with E-state index in [1.54, 1.807) is 19.2 Å². The lowest BCUT2D eigenvalue weighted by atomic mass is 10.1. The normalized spacial score (nSPS) is 14.4. The molecule has 1 aliphatic heterocycles. The first kappa shape index (κ1) is 16.6. The predicted molar refractivity (Wildman–Crippen MR) is 99.1 cm³/mol. The molecule has 0 spiro atoms. The Morgan fingerprint density at radius 3 is 2.54 bits per heavy atom. The van der Waals surface area contributed by atoms with Crippen molar-refractivity contribution in [2.45, 2.75) is 0 Å². The summed E-state index contributed by atoms with van der Waals surface area (Å²) in [5.41, 5.74) is 2.49. The van der Waals surface area contributed by atoms with E-state index in [0.717, 1.165) is 22.6 Å². The van der Waals surface area contributed by atoms with E-state index in [1.165, 1.54) is 0 Å². The van der Waals surface area contributed by atoms with E-state index in [1.807, 2.05) is 36.4 Å². The molecule has 0 bridgehead atoms. The van der Waals surface area contributed by atoms with Crippen molar-refractivity contribution in [2.75, 3.05) is 13.7 Å². The molecule has 0 saturated heterocycles. The van der Waals surface area contributed by atoms with Crippen molar-refractivity contribution >= 4 is 34.7 Å². The number of rotatable bonds is 3. The number of hydrogen-bond acceptors (Lipinski definition) is 3. The molecule has 0 aromatic heterocycles. The summed E-state index contributed by atoms with van der Waals surface area (Å²) in [4.78, 5) is 4.56. The van der Waals surface area contributed by atoms with E-state index in [2.05, 4.69) is 11.6 Å². The van der Waals surface area contributed by atoms with E-state index >= 15 is 0 Å². The SMILES string of the molecule is C=C1CN=C(c2ccc(OC)cc2)C=C(c2ccc(Cl)cc2Cl)O1. The van der Waals surface area contributed by atoms with Crippen LogP contribution in [-0.4, -0.2) is 19.4 Å². The van der Waals surface area contributed by atoms with Crippen LogP contribution < -0.4 is 4.74 Å². The largest absolute Gasteiger partial charge is 0.497 e. The van der Waals surface area contributed by atoms with Crippen LogP contribution in [0.5, 0.6) is 5.75 Å². The zero-order chi connectivity index (χ0) is 17.1. The van der Waals surface area contributed by atoms with E-state index in [4.69, 9.17) is 32.7 Å². The molecular weight excluding hydrogens is 345 g/mol. The lowest BCUT2D eigenvalue weighted by molar-refractivity contribution is 0.381. The molecule has 3 nitrogen and oxygen atoms in total. The molecule has 0 fully saturated rings. The van der Waals surface area contributed by atoms with E-state index in [9.17, 15) is 0 Å². The summed E-state index contributed by atoms with van der Waals surface area (Å²) < 4.78 is 11.0. The molecule has 5 heteroatoms. The van der Waals surface area contributed by atoms with Crippen molar-refractivity contribution < 1.29 is 9.47 Å². The molecule has 1 aliphatic rings. The van der Waals surface area contributed by atoms with Crippen molar-refractivity contribution in [1.82, 2.24) is 0 Å². The number of allylic oxidation sites excluding steroid dienone is 1. The van der Waals surface area contributed by atoms with Gasteiger partial charge in [-0.05, 0) is 42.5 Å². The fraction of sp³-hybridized carbons (Fsp3) is 0.105. The summed E-state index contributed by atoms with van der Waals surface area (Å²) in [6.45, 7) is 4.27. The molecule has 24 heavy (non-hydrogen) atoms. The monoisotopic (exact) mass is 359 g/mol. The first-order chi connectivity index (χ1) is 11.6.